The van der Waals surface area contributed by atoms with Gasteiger partial charge in [0.2, 0.25) is 0 Å². The molecule has 1 atom stereocenters. The molecule has 2 N–H and O–H groups in total. The molecular formula is C13H19NO3S. The van der Waals surface area contributed by atoms with Gasteiger partial charge in [-0.05, 0) is 49.6 Å². The molecular weight excluding hydrogens is 250 g/mol. The molecule has 2 rings (SSSR count). The van der Waals surface area contributed by atoms with Gasteiger partial charge in [0.05, 0.1) is 4.90 Å². The number of phenols is 1. The third-order valence-corrected chi connectivity index (χ3v) is 4.57. The van der Waals surface area contributed by atoms with E-state index >= 15 is 0 Å². The van der Waals surface area contributed by atoms with Gasteiger partial charge in [-0.15, -0.1) is 0 Å². The molecule has 0 aromatic heterocycles. The van der Waals surface area contributed by atoms with Gasteiger partial charge in [0.1, 0.15) is 5.75 Å². The second-order valence-corrected chi connectivity index (χ2v) is 6.94. The van der Waals surface area contributed by atoms with Crippen LogP contribution in [0.15, 0.2) is 17.0 Å². The van der Waals surface area contributed by atoms with Crippen molar-refractivity contribution in [3.63, 3.8) is 0 Å². The highest BCUT2D eigenvalue weighted by molar-refractivity contribution is 7.90. The first-order chi connectivity index (χ1) is 8.39. The van der Waals surface area contributed by atoms with Crippen LogP contribution in [0.1, 0.15) is 36.4 Å². The van der Waals surface area contributed by atoms with E-state index in [1.54, 1.807) is 19.1 Å². The maximum atomic E-state index is 11.9. The molecule has 1 fully saturated rings. The number of hydrogen-bond acceptors (Lipinski definition) is 4. The highest BCUT2D eigenvalue weighted by atomic mass is 32.2. The van der Waals surface area contributed by atoms with Crippen LogP contribution in [-0.4, -0.2) is 26.3 Å². The number of aryl methyl sites for hydroxylation is 1. The molecule has 0 spiro atoms. The molecule has 1 saturated heterocycles. The maximum Gasteiger partial charge on any atom is 0.175 e. The first-order valence-corrected chi connectivity index (χ1v) is 8.05. The molecule has 0 saturated carbocycles. The van der Waals surface area contributed by atoms with Gasteiger partial charge in [0.15, 0.2) is 9.84 Å². The van der Waals surface area contributed by atoms with E-state index in [4.69, 9.17) is 0 Å². The molecule has 5 heteroatoms. The van der Waals surface area contributed by atoms with E-state index in [2.05, 4.69) is 5.32 Å². The predicted octanol–water partition coefficient (Wildman–Crippen LogP) is 1.92. The minimum Gasteiger partial charge on any atom is -0.508 e. The molecule has 1 aromatic carbocycles. The number of aromatic hydroxyl groups is 1. The minimum absolute atomic E-state index is 0.0231. The minimum atomic E-state index is -3.27. The van der Waals surface area contributed by atoms with Gasteiger partial charge in [-0.3, -0.25) is 0 Å². The lowest BCUT2D eigenvalue weighted by Gasteiger charge is -2.26. The summed E-state index contributed by atoms with van der Waals surface area (Å²) in [5.41, 5.74) is 1.29. The van der Waals surface area contributed by atoms with Crippen LogP contribution in [0.3, 0.4) is 0 Å². The zero-order valence-electron chi connectivity index (χ0n) is 10.7. The second kappa shape index (κ2) is 4.90. The topological polar surface area (TPSA) is 66.4 Å². The van der Waals surface area contributed by atoms with Crippen molar-refractivity contribution in [1.29, 1.82) is 0 Å². The van der Waals surface area contributed by atoms with Crippen LogP contribution in [0.2, 0.25) is 0 Å². The van der Waals surface area contributed by atoms with Crippen LogP contribution in [0, 0.1) is 6.92 Å². The number of piperidine rings is 1. The fraction of sp³-hybridized carbons (Fsp3) is 0.538. The number of benzene rings is 1. The molecule has 0 radical (unpaired) electrons. The van der Waals surface area contributed by atoms with Crippen LogP contribution in [0.4, 0.5) is 0 Å². The molecule has 1 aliphatic heterocycles. The smallest absolute Gasteiger partial charge is 0.175 e. The summed E-state index contributed by atoms with van der Waals surface area (Å²) >= 11 is 0. The highest BCUT2D eigenvalue weighted by Crippen LogP contribution is 2.33. The van der Waals surface area contributed by atoms with E-state index in [0.717, 1.165) is 25.8 Å². The largest absolute Gasteiger partial charge is 0.508 e. The number of sulfone groups is 1. The van der Waals surface area contributed by atoms with Crippen molar-refractivity contribution in [2.75, 3.05) is 12.8 Å². The van der Waals surface area contributed by atoms with Gasteiger partial charge in [-0.25, -0.2) is 8.42 Å². The number of phenolic OH excluding ortho intramolecular Hbond substituents is 1. The van der Waals surface area contributed by atoms with Crippen LogP contribution >= 0.6 is 0 Å². The maximum absolute atomic E-state index is 11.9. The first kappa shape index (κ1) is 13.4. The Morgan fingerprint density at radius 2 is 2.06 bits per heavy atom. The molecule has 1 unspecified atom stereocenters. The molecule has 1 aliphatic rings. The van der Waals surface area contributed by atoms with Gasteiger partial charge in [-0.2, -0.15) is 0 Å². The lowest BCUT2D eigenvalue weighted by Crippen LogP contribution is -2.28. The molecule has 100 valence electrons. The Labute approximate surface area is 108 Å². The fourth-order valence-electron chi connectivity index (χ4n) is 2.40. The van der Waals surface area contributed by atoms with Gasteiger partial charge in [0.25, 0.3) is 0 Å². The third-order valence-electron chi connectivity index (χ3n) is 3.41. The van der Waals surface area contributed by atoms with E-state index < -0.39 is 9.84 Å². The standard InChI is InChI=1S/C13H19NO3S/c1-9-7-13(18(2,16)17)10(8-12(9)15)11-5-3-4-6-14-11/h7-8,11,14-15H,3-6H2,1-2H3. The van der Waals surface area contributed by atoms with Gasteiger partial charge in [-0.1, -0.05) is 6.42 Å². The Morgan fingerprint density at radius 1 is 1.33 bits per heavy atom. The zero-order chi connectivity index (χ0) is 13.3. The van der Waals surface area contributed by atoms with Gasteiger partial charge in [0, 0.05) is 12.3 Å². The Balaban J connectivity index is 2.53. The lowest BCUT2D eigenvalue weighted by molar-refractivity contribution is 0.403. The van der Waals surface area contributed by atoms with Crippen LogP contribution in [-0.2, 0) is 9.84 Å². The van der Waals surface area contributed by atoms with Crippen molar-refractivity contribution in [1.82, 2.24) is 5.32 Å². The molecule has 1 heterocycles. The molecule has 18 heavy (non-hydrogen) atoms. The van der Waals surface area contributed by atoms with Crippen molar-refractivity contribution < 1.29 is 13.5 Å². The Morgan fingerprint density at radius 3 is 2.61 bits per heavy atom. The quantitative estimate of drug-likeness (QED) is 0.861. The average molecular weight is 269 g/mol. The number of hydrogen-bond donors (Lipinski definition) is 2. The zero-order valence-corrected chi connectivity index (χ0v) is 11.5. The summed E-state index contributed by atoms with van der Waals surface area (Å²) < 4.78 is 23.7. The Bertz CT molecular complexity index is 546. The van der Waals surface area contributed by atoms with E-state index in [1.165, 1.54) is 6.26 Å². The third kappa shape index (κ3) is 2.67. The molecule has 4 nitrogen and oxygen atoms in total. The van der Waals surface area contributed by atoms with Crippen molar-refractivity contribution >= 4 is 9.84 Å². The highest BCUT2D eigenvalue weighted by Gasteiger charge is 2.23. The number of rotatable bonds is 2. The van der Waals surface area contributed by atoms with Crippen LogP contribution in [0.5, 0.6) is 5.75 Å². The molecule has 1 aromatic rings. The normalized spacial score (nSPS) is 20.9. The summed E-state index contributed by atoms with van der Waals surface area (Å²) in [6.45, 7) is 2.60. The van der Waals surface area contributed by atoms with E-state index in [1.807, 2.05) is 0 Å². The van der Waals surface area contributed by atoms with Crippen molar-refractivity contribution in [3.05, 3.63) is 23.3 Å². The summed E-state index contributed by atoms with van der Waals surface area (Å²) in [6.07, 6.45) is 4.31. The lowest BCUT2D eigenvalue weighted by atomic mass is 9.96. The molecule has 0 amide bonds. The van der Waals surface area contributed by atoms with E-state index in [0.29, 0.717) is 16.0 Å². The predicted molar refractivity (Wildman–Crippen MR) is 70.5 cm³/mol. The summed E-state index contributed by atoms with van der Waals surface area (Å²) in [5.74, 6) is 0.157. The van der Waals surface area contributed by atoms with Crippen LogP contribution < -0.4 is 5.32 Å². The SMILES string of the molecule is Cc1cc(S(C)(=O)=O)c(C2CCCCN2)cc1O. The van der Waals surface area contributed by atoms with Crippen molar-refractivity contribution in [2.24, 2.45) is 0 Å². The fourth-order valence-corrected chi connectivity index (χ4v) is 3.42. The van der Waals surface area contributed by atoms with Crippen LogP contribution in [0.25, 0.3) is 0 Å². The Hall–Kier alpha value is -1.07. The Kier molecular flexibility index (Phi) is 3.64. The van der Waals surface area contributed by atoms with Crippen molar-refractivity contribution in [2.45, 2.75) is 37.1 Å². The molecule has 0 aliphatic carbocycles. The summed E-state index contributed by atoms with van der Waals surface area (Å²) in [5, 5.41) is 13.1. The van der Waals surface area contributed by atoms with Crippen molar-refractivity contribution in [3.8, 4) is 5.75 Å². The average Bonchev–Trinajstić information content (AvgIpc) is 2.32. The van der Waals surface area contributed by atoms with E-state index in [9.17, 15) is 13.5 Å². The van der Waals surface area contributed by atoms with Gasteiger partial charge < -0.3 is 10.4 Å². The summed E-state index contributed by atoms with van der Waals surface area (Å²) in [6, 6.07) is 3.18. The monoisotopic (exact) mass is 269 g/mol. The van der Waals surface area contributed by atoms with Gasteiger partial charge >= 0.3 is 0 Å². The summed E-state index contributed by atoms with van der Waals surface area (Å²) in [4.78, 5) is 0.331. The molecule has 0 bridgehead atoms. The summed E-state index contributed by atoms with van der Waals surface area (Å²) in [7, 11) is -3.27. The van der Waals surface area contributed by atoms with E-state index in [-0.39, 0.29) is 11.8 Å². The second-order valence-electron chi connectivity index (χ2n) is 4.95. The first-order valence-electron chi connectivity index (χ1n) is 6.16. The number of nitrogens with one attached hydrogen (secondary N) is 1.